The Morgan fingerprint density at radius 1 is 1.09 bits per heavy atom. The van der Waals surface area contributed by atoms with Crippen LogP contribution in [0.5, 0.6) is 0 Å². The Bertz CT molecular complexity index is 1060. The topological polar surface area (TPSA) is 120 Å². The molecule has 2 amide bonds. The van der Waals surface area contributed by atoms with E-state index in [1.165, 1.54) is 12.0 Å². The molecule has 2 aromatic rings. The van der Waals surface area contributed by atoms with Gasteiger partial charge in [0.15, 0.2) is 0 Å². The Morgan fingerprint density at radius 2 is 1.78 bits per heavy atom. The number of rotatable bonds is 8. The van der Waals surface area contributed by atoms with Crippen LogP contribution in [0.25, 0.3) is 0 Å². The second-order valence-electron chi connectivity index (χ2n) is 7.31. The van der Waals surface area contributed by atoms with Crippen molar-refractivity contribution in [2.75, 3.05) is 37.5 Å². The van der Waals surface area contributed by atoms with E-state index < -0.39 is 17.8 Å². The van der Waals surface area contributed by atoms with Gasteiger partial charge in [0.05, 0.1) is 42.8 Å². The van der Waals surface area contributed by atoms with Gasteiger partial charge in [-0.25, -0.2) is 4.79 Å². The predicted molar refractivity (Wildman–Crippen MR) is 120 cm³/mol. The number of para-hydroxylation sites is 2. The van der Waals surface area contributed by atoms with E-state index in [1.807, 2.05) is 32.0 Å². The number of hydrogen-bond acceptors (Lipinski definition) is 7. The quantitative estimate of drug-likeness (QED) is 0.366. The Balaban J connectivity index is 1.85. The molecule has 32 heavy (non-hydrogen) atoms. The maximum absolute atomic E-state index is 12.9. The van der Waals surface area contributed by atoms with Gasteiger partial charge in [-0.05, 0) is 37.1 Å². The summed E-state index contributed by atoms with van der Waals surface area (Å²) in [6.45, 7) is 3.71. The maximum atomic E-state index is 12.9. The average Bonchev–Trinajstić information content (AvgIpc) is 3.08. The minimum absolute atomic E-state index is 0.0108. The van der Waals surface area contributed by atoms with Crippen LogP contribution >= 0.6 is 0 Å². The Hall–Kier alpha value is -3.85. The lowest BCUT2D eigenvalue weighted by Crippen LogP contribution is -2.32. The summed E-state index contributed by atoms with van der Waals surface area (Å²) >= 11 is 0. The number of methoxy groups -OCH3 is 1. The Kier molecular flexibility index (Phi) is 7.11. The number of ether oxygens (including phenoxy) is 1. The molecule has 0 spiro atoms. The van der Waals surface area contributed by atoms with Crippen molar-refractivity contribution in [2.45, 2.75) is 13.8 Å². The molecule has 168 valence electrons. The van der Waals surface area contributed by atoms with Gasteiger partial charge >= 0.3 is 5.97 Å². The molecule has 9 nitrogen and oxygen atoms in total. The van der Waals surface area contributed by atoms with E-state index >= 15 is 0 Å². The molecule has 1 heterocycles. The summed E-state index contributed by atoms with van der Waals surface area (Å²) in [7, 11) is 1.23. The van der Waals surface area contributed by atoms with Crippen LogP contribution in [0, 0.1) is 13.8 Å². The second-order valence-corrected chi connectivity index (χ2v) is 7.31. The van der Waals surface area contributed by atoms with Crippen molar-refractivity contribution in [1.29, 1.82) is 0 Å². The van der Waals surface area contributed by atoms with Crippen LogP contribution < -0.4 is 16.2 Å². The van der Waals surface area contributed by atoms with Crippen molar-refractivity contribution < 1.29 is 24.2 Å². The highest BCUT2D eigenvalue weighted by Gasteiger charge is 2.34. The summed E-state index contributed by atoms with van der Waals surface area (Å²) < 4.78 is 4.80. The highest BCUT2D eigenvalue weighted by Crippen LogP contribution is 2.25. The molecule has 1 aliphatic heterocycles. The lowest BCUT2D eigenvalue weighted by Gasteiger charge is -2.17. The van der Waals surface area contributed by atoms with E-state index in [4.69, 9.17) is 4.74 Å². The SMILES string of the molecule is COC(=O)C1=C(Nc2ccccc2C(=O)NNc2c(C)cccc2C)C(=O)N(CCO)C1. The lowest BCUT2D eigenvalue weighted by molar-refractivity contribution is -0.136. The van der Waals surface area contributed by atoms with Crippen molar-refractivity contribution in [2.24, 2.45) is 0 Å². The first-order chi connectivity index (χ1) is 15.4. The number of carbonyl (C=O) groups excluding carboxylic acids is 3. The summed E-state index contributed by atoms with van der Waals surface area (Å²) in [5.74, 6) is -1.53. The molecule has 0 saturated carbocycles. The van der Waals surface area contributed by atoms with Crippen LogP contribution in [0.3, 0.4) is 0 Å². The Morgan fingerprint density at radius 3 is 2.44 bits per heavy atom. The number of aliphatic hydroxyl groups excluding tert-OH is 1. The van der Waals surface area contributed by atoms with E-state index in [9.17, 15) is 19.5 Å². The van der Waals surface area contributed by atoms with E-state index in [0.29, 0.717) is 5.69 Å². The third-order valence-corrected chi connectivity index (χ3v) is 5.17. The number of benzene rings is 2. The largest absolute Gasteiger partial charge is 0.466 e. The fourth-order valence-electron chi connectivity index (χ4n) is 3.47. The minimum atomic E-state index is -0.653. The number of hydrogen-bond donors (Lipinski definition) is 4. The van der Waals surface area contributed by atoms with Gasteiger partial charge in [0, 0.05) is 6.54 Å². The number of aliphatic hydroxyl groups is 1. The number of nitrogens with one attached hydrogen (secondary N) is 3. The molecule has 0 fully saturated rings. The summed E-state index contributed by atoms with van der Waals surface area (Å²) in [5.41, 5.74) is 9.17. The number of carbonyl (C=O) groups is 3. The molecular formula is C23H26N4O5. The predicted octanol–water partition coefficient (Wildman–Crippen LogP) is 1.73. The number of nitrogens with zero attached hydrogens (tertiary/aromatic N) is 1. The highest BCUT2D eigenvalue weighted by molar-refractivity contribution is 6.10. The van der Waals surface area contributed by atoms with E-state index in [1.54, 1.807) is 24.3 Å². The molecule has 9 heteroatoms. The third-order valence-electron chi connectivity index (χ3n) is 5.17. The van der Waals surface area contributed by atoms with Crippen LogP contribution in [0.2, 0.25) is 0 Å². The molecule has 0 atom stereocenters. The van der Waals surface area contributed by atoms with E-state index in [-0.39, 0.29) is 36.5 Å². The highest BCUT2D eigenvalue weighted by atomic mass is 16.5. The van der Waals surface area contributed by atoms with Crippen LogP contribution in [0.4, 0.5) is 11.4 Å². The Labute approximate surface area is 186 Å². The zero-order valence-corrected chi connectivity index (χ0v) is 18.2. The number of hydrazine groups is 1. The van der Waals surface area contributed by atoms with Crippen molar-refractivity contribution in [3.63, 3.8) is 0 Å². The van der Waals surface area contributed by atoms with Gasteiger partial charge in [-0.15, -0.1) is 0 Å². The molecule has 1 aliphatic rings. The molecule has 4 N–H and O–H groups in total. The van der Waals surface area contributed by atoms with Crippen molar-refractivity contribution in [3.8, 4) is 0 Å². The van der Waals surface area contributed by atoms with Gasteiger partial charge in [0.1, 0.15) is 5.70 Å². The molecule has 2 aromatic carbocycles. The number of aryl methyl sites for hydroxylation is 2. The molecule has 3 rings (SSSR count). The molecular weight excluding hydrogens is 412 g/mol. The number of β-amino-alcohol motifs (C(OH)–C–C–N with tert-alkyl or cyclic N) is 1. The van der Waals surface area contributed by atoms with Crippen molar-refractivity contribution in [1.82, 2.24) is 10.3 Å². The smallest absolute Gasteiger partial charge is 0.337 e. The molecule has 0 aliphatic carbocycles. The maximum Gasteiger partial charge on any atom is 0.337 e. The van der Waals surface area contributed by atoms with Gasteiger partial charge in [-0.1, -0.05) is 30.3 Å². The minimum Gasteiger partial charge on any atom is -0.466 e. The first-order valence-corrected chi connectivity index (χ1v) is 10.1. The zero-order valence-electron chi connectivity index (χ0n) is 18.2. The van der Waals surface area contributed by atoms with Crippen LogP contribution in [0.15, 0.2) is 53.7 Å². The molecule has 0 bridgehead atoms. The average molecular weight is 438 g/mol. The van der Waals surface area contributed by atoms with Gasteiger partial charge in [-0.2, -0.15) is 0 Å². The van der Waals surface area contributed by atoms with Crippen molar-refractivity contribution in [3.05, 3.63) is 70.4 Å². The van der Waals surface area contributed by atoms with Gasteiger partial charge in [0.2, 0.25) is 0 Å². The summed E-state index contributed by atoms with van der Waals surface area (Å²) in [6.07, 6.45) is 0. The van der Waals surface area contributed by atoms with Crippen LogP contribution in [-0.4, -0.2) is 54.6 Å². The number of amides is 2. The second kappa shape index (κ2) is 9.97. The normalized spacial score (nSPS) is 13.2. The molecule has 0 unspecified atom stereocenters. The third kappa shape index (κ3) is 4.73. The zero-order chi connectivity index (χ0) is 23.3. The first kappa shape index (κ1) is 22.8. The summed E-state index contributed by atoms with van der Waals surface area (Å²) in [5, 5.41) is 12.1. The monoisotopic (exact) mass is 438 g/mol. The van der Waals surface area contributed by atoms with Gasteiger partial charge in [-0.3, -0.25) is 20.4 Å². The van der Waals surface area contributed by atoms with Crippen LogP contribution in [-0.2, 0) is 14.3 Å². The summed E-state index contributed by atoms with van der Waals surface area (Å²) in [6, 6.07) is 12.4. The number of anilines is 2. The van der Waals surface area contributed by atoms with Crippen molar-refractivity contribution >= 4 is 29.2 Å². The standard InChI is InChI=1S/C23H26N4O5/c1-14-7-6-8-15(2)19(14)25-26-21(29)16-9-4-5-10-18(16)24-20-17(23(31)32-3)13-27(11-12-28)22(20)30/h4-10,24-25,28H,11-13H2,1-3H3,(H,26,29). The summed E-state index contributed by atoms with van der Waals surface area (Å²) in [4.78, 5) is 39.2. The van der Waals surface area contributed by atoms with E-state index in [2.05, 4.69) is 16.2 Å². The first-order valence-electron chi connectivity index (χ1n) is 10.1. The lowest BCUT2D eigenvalue weighted by atomic mass is 10.1. The fourth-order valence-corrected chi connectivity index (χ4v) is 3.47. The molecule has 0 saturated heterocycles. The molecule has 0 radical (unpaired) electrons. The van der Waals surface area contributed by atoms with Gasteiger partial charge < -0.3 is 20.1 Å². The molecule has 0 aromatic heterocycles. The van der Waals surface area contributed by atoms with Crippen LogP contribution in [0.1, 0.15) is 21.5 Å². The number of esters is 1. The van der Waals surface area contributed by atoms with E-state index in [0.717, 1.165) is 16.8 Å². The fraction of sp³-hybridized carbons (Fsp3) is 0.261. The van der Waals surface area contributed by atoms with Gasteiger partial charge in [0.25, 0.3) is 11.8 Å².